The zero-order valence-corrected chi connectivity index (χ0v) is 10.1. The van der Waals surface area contributed by atoms with E-state index in [1.54, 1.807) is 0 Å². The highest BCUT2D eigenvalue weighted by Crippen LogP contribution is 2.33. The predicted molar refractivity (Wildman–Crippen MR) is 64.4 cm³/mol. The van der Waals surface area contributed by atoms with Gasteiger partial charge in [-0.3, -0.25) is 10.1 Å². The number of carbonyl (C=O) groups is 1. The lowest BCUT2D eigenvalue weighted by molar-refractivity contribution is -0.385. The number of nitrogens with one attached hydrogen (secondary N) is 1. The third-order valence-electron chi connectivity index (χ3n) is 2.06. The summed E-state index contributed by atoms with van der Waals surface area (Å²) in [5.74, 6) is -0.405. The maximum atomic E-state index is 10.7. The van der Waals surface area contributed by atoms with E-state index in [-0.39, 0.29) is 22.7 Å². The van der Waals surface area contributed by atoms with Crippen LogP contribution < -0.4 is 10.2 Å². The molecule has 0 heterocycles. The molecule has 0 bridgehead atoms. The van der Waals surface area contributed by atoms with Crippen LogP contribution in [-0.4, -0.2) is 36.6 Å². The van der Waals surface area contributed by atoms with Gasteiger partial charge in [0.2, 0.25) is 0 Å². The normalized spacial score (nSPS) is 10.2. The molecule has 0 aliphatic carbocycles. The first-order chi connectivity index (χ1) is 8.99. The summed E-state index contributed by atoms with van der Waals surface area (Å²) in [5.41, 5.74) is 1.71. The highest BCUT2D eigenvalue weighted by Gasteiger charge is 2.15. The van der Waals surface area contributed by atoms with Crippen LogP contribution in [0.15, 0.2) is 17.2 Å². The van der Waals surface area contributed by atoms with Crippen molar-refractivity contribution in [2.45, 2.75) is 0 Å². The van der Waals surface area contributed by atoms with Gasteiger partial charge < -0.3 is 14.6 Å². The Morgan fingerprint density at radius 3 is 2.74 bits per heavy atom. The lowest BCUT2D eigenvalue weighted by atomic mass is 10.2. The number of phenols is 1. The van der Waals surface area contributed by atoms with Crippen molar-refractivity contribution in [1.29, 1.82) is 0 Å². The molecule has 102 valence electrons. The maximum absolute atomic E-state index is 10.7. The fourth-order valence-corrected chi connectivity index (χ4v) is 1.17. The number of ether oxygens (including phenoxy) is 2. The van der Waals surface area contributed by atoms with Gasteiger partial charge in [0.1, 0.15) is 0 Å². The number of methoxy groups -OCH3 is 2. The number of hydrazone groups is 1. The van der Waals surface area contributed by atoms with E-state index in [1.165, 1.54) is 7.11 Å². The molecule has 0 unspecified atom stereocenters. The smallest absolute Gasteiger partial charge is 0.427 e. The van der Waals surface area contributed by atoms with Crippen molar-refractivity contribution in [2.75, 3.05) is 14.2 Å². The van der Waals surface area contributed by atoms with Crippen molar-refractivity contribution in [3.8, 4) is 11.5 Å². The Labute approximate surface area is 107 Å². The number of nitro groups is 1. The molecule has 9 nitrogen and oxygen atoms in total. The van der Waals surface area contributed by atoms with Crippen molar-refractivity contribution in [3.63, 3.8) is 0 Å². The van der Waals surface area contributed by atoms with Gasteiger partial charge in [-0.25, -0.2) is 10.2 Å². The summed E-state index contributed by atoms with van der Waals surface area (Å²) in [4.78, 5) is 20.8. The molecule has 1 aromatic rings. The number of hydrogen-bond acceptors (Lipinski definition) is 7. The van der Waals surface area contributed by atoms with E-state index in [0.29, 0.717) is 0 Å². The van der Waals surface area contributed by atoms with E-state index in [0.717, 1.165) is 25.5 Å². The Morgan fingerprint density at radius 2 is 2.21 bits per heavy atom. The fraction of sp³-hybridized carbons (Fsp3) is 0.200. The molecular formula is C10H11N3O6. The van der Waals surface area contributed by atoms with Crippen LogP contribution in [0.1, 0.15) is 5.56 Å². The molecular weight excluding hydrogens is 258 g/mol. The van der Waals surface area contributed by atoms with Gasteiger partial charge in [0.15, 0.2) is 11.5 Å². The van der Waals surface area contributed by atoms with E-state index in [2.05, 4.69) is 9.84 Å². The molecule has 0 radical (unpaired) electrons. The molecule has 0 saturated heterocycles. The average molecular weight is 269 g/mol. The minimum absolute atomic E-state index is 0.0162. The van der Waals surface area contributed by atoms with Crippen LogP contribution in [0.2, 0.25) is 0 Å². The van der Waals surface area contributed by atoms with Crippen molar-refractivity contribution in [2.24, 2.45) is 5.10 Å². The number of carbonyl (C=O) groups excluding carboxylic acids is 1. The SMILES string of the molecule is COC(=O)N/N=C\c1cc([N+](=O)[O-])cc(OC)c1O. The van der Waals surface area contributed by atoms with Gasteiger partial charge in [0.25, 0.3) is 5.69 Å². The highest BCUT2D eigenvalue weighted by atomic mass is 16.6. The fourth-order valence-electron chi connectivity index (χ4n) is 1.17. The first kappa shape index (κ1) is 14.2. The van der Waals surface area contributed by atoms with Gasteiger partial charge in [-0.1, -0.05) is 0 Å². The van der Waals surface area contributed by atoms with Crippen molar-refractivity contribution < 1.29 is 24.3 Å². The minimum Gasteiger partial charge on any atom is -0.504 e. The third kappa shape index (κ3) is 3.56. The van der Waals surface area contributed by atoms with Gasteiger partial charge in [0, 0.05) is 11.6 Å². The Hall–Kier alpha value is -2.84. The highest BCUT2D eigenvalue weighted by molar-refractivity contribution is 5.86. The second-order valence-corrected chi connectivity index (χ2v) is 3.20. The molecule has 0 aromatic heterocycles. The van der Waals surface area contributed by atoms with Crippen LogP contribution in [0.5, 0.6) is 11.5 Å². The molecule has 0 atom stereocenters. The first-order valence-corrected chi connectivity index (χ1v) is 4.92. The topological polar surface area (TPSA) is 123 Å². The number of benzene rings is 1. The average Bonchev–Trinajstić information content (AvgIpc) is 2.40. The molecule has 1 rings (SSSR count). The van der Waals surface area contributed by atoms with E-state index < -0.39 is 11.0 Å². The summed E-state index contributed by atoms with van der Waals surface area (Å²) in [6, 6.07) is 2.15. The quantitative estimate of drug-likeness (QED) is 0.477. The Morgan fingerprint density at radius 1 is 1.53 bits per heavy atom. The molecule has 0 aliphatic heterocycles. The van der Waals surface area contributed by atoms with Crippen LogP contribution in [0.3, 0.4) is 0 Å². The predicted octanol–water partition coefficient (Wildman–Crippen LogP) is 0.999. The number of nitrogens with zero attached hydrogens (tertiary/aromatic N) is 2. The summed E-state index contributed by atoms with van der Waals surface area (Å²) in [6.07, 6.45) is 0.218. The lowest BCUT2D eigenvalue weighted by Crippen LogP contribution is -2.16. The zero-order chi connectivity index (χ0) is 14.4. The van der Waals surface area contributed by atoms with Gasteiger partial charge in [-0.05, 0) is 0 Å². The number of non-ortho nitro benzene ring substituents is 1. The number of hydrogen-bond donors (Lipinski definition) is 2. The van der Waals surface area contributed by atoms with Crippen LogP contribution in [0.25, 0.3) is 0 Å². The van der Waals surface area contributed by atoms with E-state index in [9.17, 15) is 20.0 Å². The summed E-state index contributed by atoms with van der Waals surface area (Å²) in [6.45, 7) is 0. The summed E-state index contributed by atoms with van der Waals surface area (Å²) in [5, 5.41) is 23.9. The number of aromatic hydroxyl groups is 1. The third-order valence-corrected chi connectivity index (χ3v) is 2.06. The number of phenolic OH excluding ortho intramolecular Hbond substituents is 1. The largest absolute Gasteiger partial charge is 0.504 e. The lowest BCUT2D eigenvalue weighted by Gasteiger charge is -2.05. The minimum atomic E-state index is -0.812. The second kappa shape index (κ2) is 6.19. The van der Waals surface area contributed by atoms with Gasteiger partial charge >= 0.3 is 6.09 Å². The second-order valence-electron chi connectivity index (χ2n) is 3.20. The number of amides is 1. The number of nitro benzene ring substituents is 1. The van der Waals surface area contributed by atoms with Crippen molar-refractivity contribution >= 4 is 18.0 Å². The van der Waals surface area contributed by atoms with Gasteiger partial charge in [-0.15, -0.1) is 0 Å². The van der Waals surface area contributed by atoms with E-state index >= 15 is 0 Å². The zero-order valence-electron chi connectivity index (χ0n) is 10.1. The van der Waals surface area contributed by atoms with E-state index in [4.69, 9.17) is 4.74 Å². The maximum Gasteiger partial charge on any atom is 0.427 e. The van der Waals surface area contributed by atoms with Crippen LogP contribution in [-0.2, 0) is 4.74 Å². The van der Waals surface area contributed by atoms with Gasteiger partial charge in [0.05, 0.1) is 31.4 Å². The Kier molecular flexibility index (Phi) is 4.63. The van der Waals surface area contributed by atoms with Crippen molar-refractivity contribution in [1.82, 2.24) is 5.43 Å². The Balaban J connectivity index is 3.08. The first-order valence-electron chi connectivity index (χ1n) is 4.92. The van der Waals surface area contributed by atoms with Crippen molar-refractivity contribution in [3.05, 3.63) is 27.8 Å². The standard InChI is InChI=1S/C10H11N3O6/c1-18-8-4-7(13(16)17)3-6(9(8)14)5-11-12-10(15)19-2/h3-5,14H,1-2H3,(H,12,15)/b11-5-. The van der Waals surface area contributed by atoms with Gasteiger partial charge in [-0.2, -0.15) is 5.10 Å². The molecule has 19 heavy (non-hydrogen) atoms. The van der Waals surface area contributed by atoms with Crippen LogP contribution in [0.4, 0.5) is 10.5 Å². The molecule has 0 saturated carbocycles. The molecule has 0 fully saturated rings. The summed E-state index contributed by atoms with van der Waals surface area (Å²) in [7, 11) is 2.41. The summed E-state index contributed by atoms with van der Waals surface area (Å²) >= 11 is 0. The Bertz CT molecular complexity index is 528. The van der Waals surface area contributed by atoms with E-state index in [1.807, 2.05) is 5.43 Å². The van der Waals surface area contributed by atoms with Crippen LogP contribution in [0, 0.1) is 10.1 Å². The molecule has 9 heteroatoms. The molecule has 1 amide bonds. The summed E-state index contributed by atoms with van der Waals surface area (Å²) < 4.78 is 9.06. The molecule has 0 aliphatic rings. The molecule has 2 N–H and O–H groups in total. The molecule has 1 aromatic carbocycles. The number of rotatable bonds is 4. The van der Waals surface area contributed by atoms with Crippen LogP contribution >= 0.6 is 0 Å². The molecule has 0 spiro atoms. The monoisotopic (exact) mass is 269 g/mol.